The molecule has 0 amide bonds. The molecule has 16 heavy (non-hydrogen) atoms. The van der Waals surface area contributed by atoms with Gasteiger partial charge in [0.25, 0.3) is 0 Å². The first-order chi connectivity index (χ1) is 7.56. The highest BCUT2D eigenvalue weighted by atomic mass is 127. The second-order valence-corrected chi connectivity index (χ2v) is 4.57. The molecule has 0 saturated heterocycles. The molecule has 0 fully saturated rings. The van der Waals surface area contributed by atoms with E-state index in [0.717, 1.165) is 16.4 Å². The maximum Gasteiger partial charge on any atom is 0.0206 e. The molecule has 0 unspecified atom stereocenters. The van der Waals surface area contributed by atoms with Crippen LogP contribution in [-0.2, 0) is 0 Å². The number of allylic oxidation sites excluding steroid dienone is 8. The van der Waals surface area contributed by atoms with Crippen LogP contribution in [0.15, 0.2) is 59.8 Å². The van der Waals surface area contributed by atoms with E-state index in [1.165, 1.54) is 16.7 Å². The van der Waals surface area contributed by atoms with Gasteiger partial charge in [0.05, 0.1) is 0 Å². The molecule has 0 aromatic carbocycles. The number of hydrogen-bond donors (Lipinski definition) is 0. The Kier molecular flexibility index (Phi) is 8.26. The van der Waals surface area contributed by atoms with Crippen molar-refractivity contribution in [3.63, 3.8) is 0 Å². The molecule has 0 aromatic heterocycles. The van der Waals surface area contributed by atoms with Gasteiger partial charge in [-0.05, 0) is 43.9 Å². The van der Waals surface area contributed by atoms with Crippen molar-refractivity contribution in [1.29, 1.82) is 0 Å². The highest BCUT2D eigenvalue weighted by Crippen LogP contribution is 2.21. The summed E-state index contributed by atoms with van der Waals surface area (Å²) in [5, 5.41) is 0. The zero-order chi connectivity index (χ0) is 12.6. The third kappa shape index (κ3) is 5.50. The minimum Gasteiger partial charge on any atom is -0.103 e. The molecule has 0 aliphatic rings. The van der Waals surface area contributed by atoms with Gasteiger partial charge in [0, 0.05) is 4.43 Å². The lowest BCUT2D eigenvalue weighted by Crippen LogP contribution is -1.90. The molecule has 0 N–H and O–H groups in total. The highest BCUT2D eigenvalue weighted by molar-refractivity contribution is 14.1. The van der Waals surface area contributed by atoms with Crippen molar-refractivity contribution in [3.05, 3.63) is 59.8 Å². The predicted octanol–water partition coefficient (Wildman–Crippen LogP) is 5.39. The summed E-state index contributed by atoms with van der Waals surface area (Å²) in [4.78, 5) is 0. The van der Waals surface area contributed by atoms with Crippen molar-refractivity contribution in [2.24, 2.45) is 0 Å². The Morgan fingerprint density at radius 3 is 2.38 bits per heavy atom. The molecule has 0 aliphatic heterocycles. The average molecular weight is 328 g/mol. The van der Waals surface area contributed by atoms with Crippen LogP contribution < -0.4 is 0 Å². The second kappa shape index (κ2) is 8.57. The largest absolute Gasteiger partial charge is 0.103 e. The molecular formula is C15H21I. The Morgan fingerprint density at radius 2 is 1.94 bits per heavy atom. The second-order valence-electron chi connectivity index (χ2n) is 3.80. The molecule has 0 atom stereocenters. The first-order valence-electron chi connectivity index (χ1n) is 5.42. The SMILES string of the molecule is C=CC/C(C(=C)/C=C\C)=C(C)/C=C(/C)CI. The predicted molar refractivity (Wildman–Crippen MR) is 84.1 cm³/mol. The maximum absolute atomic E-state index is 4.09. The molecule has 0 saturated carbocycles. The van der Waals surface area contributed by atoms with Crippen molar-refractivity contribution in [2.75, 3.05) is 4.43 Å². The van der Waals surface area contributed by atoms with Crippen LogP contribution in [-0.4, -0.2) is 4.43 Å². The Balaban J connectivity index is 5.22. The summed E-state index contributed by atoms with van der Waals surface area (Å²) in [5.74, 6) is 0. The third-order valence-corrected chi connectivity index (χ3v) is 3.46. The zero-order valence-corrected chi connectivity index (χ0v) is 12.7. The van der Waals surface area contributed by atoms with Crippen LogP contribution >= 0.6 is 22.6 Å². The van der Waals surface area contributed by atoms with Crippen molar-refractivity contribution >= 4 is 22.6 Å². The molecule has 0 spiro atoms. The molecule has 0 aliphatic carbocycles. The van der Waals surface area contributed by atoms with Crippen LogP contribution in [0.2, 0.25) is 0 Å². The lowest BCUT2D eigenvalue weighted by Gasteiger charge is -2.09. The quantitative estimate of drug-likeness (QED) is 0.265. The topological polar surface area (TPSA) is 0 Å². The van der Waals surface area contributed by atoms with Crippen molar-refractivity contribution < 1.29 is 0 Å². The lowest BCUT2D eigenvalue weighted by atomic mass is 9.97. The fourth-order valence-electron chi connectivity index (χ4n) is 1.49. The lowest BCUT2D eigenvalue weighted by molar-refractivity contribution is 1.19. The fraction of sp³-hybridized carbons (Fsp3) is 0.333. The number of halogens is 1. The third-order valence-electron chi connectivity index (χ3n) is 2.25. The number of alkyl halides is 1. The van der Waals surface area contributed by atoms with Gasteiger partial charge in [0.15, 0.2) is 0 Å². The molecule has 0 rings (SSSR count). The highest BCUT2D eigenvalue weighted by Gasteiger charge is 2.02. The van der Waals surface area contributed by atoms with Gasteiger partial charge >= 0.3 is 0 Å². The van der Waals surface area contributed by atoms with E-state index in [-0.39, 0.29) is 0 Å². The smallest absolute Gasteiger partial charge is 0.0206 e. The standard InChI is InChI=1S/C15H21I/c1-6-8-13(4)15(9-7-2)14(5)10-12(3)11-16/h6-8,10H,2,4,9,11H2,1,3,5H3/b8-6-,12-10-,15-14-. The molecule has 1 heteroatoms. The number of rotatable bonds is 6. The van der Waals surface area contributed by atoms with Crippen molar-refractivity contribution in [2.45, 2.75) is 27.2 Å². The summed E-state index contributed by atoms with van der Waals surface area (Å²) >= 11 is 2.38. The minimum absolute atomic E-state index is 0.875. The molecule has 0 heterocycles. The molecule has 0 bridgehead atoms. The van der Waals surface area contributed by atoms with Gasteiger partial charge in [-0.1, -0.05) is 59.0 Å². The van der Waals surface area contributed by atoms with Gasteiger partial charge in [-0.15, -0.1) is 6.58 Å². The van der Waals surface area contributed by atoms with E-state index in [0.29, 0.717) is 0 Å². The summed E-state index contributed by atoms with van der Waals surface area (Å²) < 4.78 is 1.06. The van der Waals surface area contributed by atoms with E-state index in [1.54, 1.807) is 0 Å². The van der Waals surface area contributed by atoms with Gasteiger partial charge < -0.3 is 0 Å². The maximum atomic E-state index is 4.09. The minimum atomic E-state index is 0.875. The van der Waals surface area contributed by atoms with E-state index in [9.17, 15) is 0 Å². The van der Waals surface area contributed by atoms with Gasteiger partial charge in [-0.2, -0.15) is 0 Å². The molecule has 0 aromatic rings. The van der Waals surface area contributed by atoms with E-state index in [4.69, 9.17) is 0 Å². The molecule has 0 nitrogen and oxygen atoms in total. The van der Waals surface area contributed by atoms with Gasteiger partial charge in [0.2, 0.25) is 0 Å². The summed E-state index contributed by atoms with van der Waals surface area (Å²) in [6.45, 7) is 14.2. The normalized spacial score (nSPS) is 13.9. The van der Waals surface area contributed by atoms with Crippen LogP contribution in [0.25, 0.3) is 0 Å². The Bertz CT molecular complexity index is 340. The van der Waals surface area contributed by atoms with Crippen molar-refractivity contribution in [1.82, 2.24) is 0 Å². The number of hydrogen-bond acceptors (Lipinski definition) is 0. The van der Waals surface area contributed by atoms with E-state index >= 15 is 0 Å². The van der Waals surface area contributed by atoms with Crippen LogP contribution in [0.4, 0.5) is 0 Å². The van der Waals surface area contributed by atoms with Crippen LogP contribution in [0.3, 0.4) is 0 Å². The van der Waals surface area contributed by atoms with E-state index in [1.807, 2.05) is 19.1 Å². The van der Waals surface area contributed by atoms with Gasteiger partial charge in [0.1, 0.15) is 0 Å². The monoisotopic (exact) mass is 328 g/mol. The van der Waals surface area contributed by atoms with Crippen LogP contribution in [0.1, 0.15) is 27.2 Å². The Hall–Kier alpha value is -0.570. The van der Waals surface area contributed by atoms with Crippen molar-refractivity contribution in [3.8, 4) is 0 Å². The summed E-state index contributed by atoms with van der Waals surface area (Å²) in [5.41, 5.74) is 5.03. The molecular weight excluding hydrogens is 307 g/mol. The van der Waals surface area contributed by atoms with Crippen LogP contribution in [0, 0.1) is 0 Å². The average Bonchev–Trinajstić information content (AvgIpc) is 2.25. The van der Waals surface area contributed by atoms with E-state index < -0.39 is 0 Å². The van der Waals surface area contributed by atoms with Crippen LogP contribution in [0.5, 0.6) is 0 Å². The Labute approximate surface area is 114 Å². The summed E-state index contributed by atoms with van der Waals surface area (Å²) in [6, 6.07) is 0. The molecule has 88 valence electrons. The summed E-state index contributed by atoms with van der Waals surface area (Å²) in [6.07, 6.45) is 9.11. The first-order valence-corrected chi connectivity index (χ1v) is 6.95. The van der Waals surface area contributed by atoms with E-state index in [2.05, 4.69) is 61.7 Å². The summed E-state index contributed by atoms with van der Waals surface area (Å²) in [7, 11) is 0. The van der Waals surface area contributed by atoms with Gasteiger partial charge in [-0.25, -0.2) is 0 Å². The molecule has 0 radical (unpaired) electrons. The zero-order valence-electron chi connectivity index (χ0n) is 10.5. The Morgan fingerprint density at radius 1 is 1.31 bits per heavy atom. The first kappa shape index (κ1) is 15.4. The van der Waals surface area contributed by atoms with Gasteiger partial charge in [-0.3, -0.25) is 0 Å². The fourth-order valence-corrected chi connectivity index (χ4v) is 1.71.